The minimum Gasteiger partial charge on any atom is -0.387 e. The van der Waals surface area contributed by atoms with Gasteiger partial charge >= 0.3 is 0 Å². The molecule has 1 saturated heterocycles. The van der Waals surface area contributed by atoms with Crippen LogP contribution in [-0.2, 0) is 0 Å². The second kappa shape index (κ2) is 3.82. The van der Waals surface area contributed by atoms with Gasteiger partial charge in [0, 0.05) is 19.6 Å². The van der Waals surface area contributed by atoms with Gasteiger partial charge in [0.2, 0.25) is 0 Å². The van der Waals surface area contributed by atoms with Crippen LogP contribution < -0.4 is 0 Å². The minimum absolute atomic E-state index is 0.376. The van der Waals surface area contributed by atoms with Crippen LogP contribution in [0.1, 0.15) is 39.5 Å². The van der Waals surface area contributed by atoms with Crippen molar-refractivity contribution in [2.75, 3.05) is 19.6 Å². The molecule has 2 heteroatoms. The van der Waals surface area contributed by atoms with E-state index in [1.54, 1.807) is 0 Å². The molecule has 1 N–H and O–H groups in total. The molecule has 0 radical (unpaired) electrons. The molecule has 0 amide bonds. The molecule has 1 aliphatic heterocycles. The van der Waals surface area contributed by atoms with E-state index in [1.807, 2.05) is 0 Å². The average molecular weight is 197 g/mol. The molecule has 0 aromatic rings. The standard InChI is InChI=1S/C12H23NO/c1-10(2)12(14)8-13(9-12)7-11-5-3-4-6-11/h10-11,14H,3-9H2,1-2H3. The third kappa shape index (κ3) is 1.96. The van der Waals surface area contributed by atoms with Gasteiger partial charge in [-0.05, 0) is 24.7 Å². The van der Waals surface area contributed by atoms with E-state index in [0.717, 1.165) is 19.0 Å². The van der Waals surface area contributed by atoms with E-state index in [2.05, 4.69) is 18.7 Å². The van der Waals surface area contributed by atoms with Crippen LogP contribution in [0.5, 0.6) is 0 Å². The zero-order chi connectivity index (χ0) is 10.2. The summed E-state index contributed by atoms with van der Waals surface area (Å²) >= 11 is 0. The second-order valence-corrected chi connectivity index (χ2v) is 5.58. The molecule has 0 atom stereocenters. The third-order valence-electron chi connectivity index (χ3n) is 4.06. The Morgan fingerprint density at radius 1 is 1.29 bits per heavy atom. The Hall–Kier alpha value is -0.0800. The average Bonchev–Trinajstić information content (AvgIpc) is 2.53. The first-order valence-electron chi connectivity index (χ1n) is 6.05. The zero-order valence-electron chi connectivity index (χ0n) is 9.50. The summed E-state index contributed by atoms with van der Waals surface area (Å²) in [4.78, 5) is 2.43. The van der Waals surface area contributed by atoms with Gasteiger partial charge in [0.25, 0.3) is 0 Å². The minimum atomic E-state index is -0.376. The molecule has 1 aliphatic carbocycles. The molecule has 2 nitrogen and oxygen atoms in total. The van der Waals surface area contributed by atoms with Crippen molar-refractivity contribution in [3.8, 4) is 0 Å². The van der Waals surface area contributed by atoms with Crippen LogP contribution in [0.2, 0.25) is 0 Å². The Bertz CT molecular complexity index is 188. The van der Waals surface area contributed by atoms with Crippen LogP contribution in [0.3, 0.4) is 0 Å². The highest BCUT2D eigenvalue weighted by atomic mass is 16.3. The first-order chi connectivity index (χ1) is 6.60. The number of β-amino-alcohol motifs (C(OH)–C–C–N with tert-alkyl or cyclic N) is 1. The van der Waals surface area contributed by atoms with Crippen molar-refractivity contribution in [1.29, 1.82) is 0 Å². The smallest absolute Gasteiger partial charge is 0.0922 e. The van der Waals surface area contributed by atoms with Crippen molar-refractivity contribution in [3.05, 3.63) is 0 Å². The fraction of sp³-hybridized carbons (Fsp3) is 1.00. The summed E-state index contributed by atoms with van der Waals surface area (Å²) in [5, 5.41) is 10.1. The maximum Gasteiger partial charge on any atom is 0.0922 e. The molecule has 0 unspecified atom stereocenters. The normalized spacial score (nSPS) is 28.3. The molecule has 82 valence electrons. The molecule has 2 fully saturated rings. The Morgan fingerprint density at radius 3 is 2.36 bits per heavy atom. The Kier molecular flexibility index (Phi) is 2.85. The molecule has 2 aliphatic rings. The van der Waals surface area contributed by atoms with Crippen LogP contribution in [0.15, 0.2) is 0 Å². The van der Waals surface area contributed by atoms with E-state index in [0.29, 0.717) is 5.92 Å². The number of hydrogen-bond acceptors (Lipinski definition) is 2. The van der Waals surface area contributed by atoms with Crippen molar-refractivity contribution < 1.29 is 5.11 Å². The van der Waals surface area contributed by atoms with Gasteiger partial charge in [-0.2, -0.15) is 0 Å². The van der Waals surface area contributed by atoms with E-state index >= 15 is 0 Å². The highest BCUT2D eigenvalue weighted by molar-refractivity contribution is 4.98. The van der Waals surface area contributed by atoms with Gasteiger partial charge < -0.3 is 5.11 Å². The molecular formula is C12H23NO. The first kappa shape index (κ1) is 10.4. The second-order valence-electron chi connectivity index (χ2n) is 5.58. The first-order valence-corrected chi connectivity index (χ1v) is 6.05. The van der Waals surface area contributed by atoms with Gasteiger partial charge in [-0.3, -0.25) is 4.90 Å². The number of rotatable bonds is 3. The molecule has 14 heavy (non-hydrogen) atoms. The highest BCUT2D eigenvalue weighted by Crippen LogP contribution is 2.32. The van der Waals surface area contributed by atoms with Crippen molar-refractivity contribution >= 4 is 0 Å². The van der Waals surface area contributed by atoms with Crippen LogP contribution in [0, 0.1) is 11.8 Å². The van der Waals surface area contributed by atoms with Gasteiger partial charge in [-0.1, -0.05) is 26.7 Å². The quantitative estimate of drug-likeness (QED) is 0.746. The lowest BCUT2D eigenvalue weighted by molar-refractivity contribution is -0.131. The SMILES string of the molecule is CC(C)C1(O)CN(CC2CCCC2)C1. The van der Waals surface area contributed by atoms with Gasteiger partial charge in [0.1, 0.15) is 0 Å². The maximum absolute atomic E-state index is 10.1. The van der Waals surface area contributed by atoms with Crippen molar-refractivity contribution in [3.63, 3.8) is 0 Å². The Labute approximate surface area is 87.3 Å². The summed E-state index contributed by atoms with van der Waals surface area (Å²) in [6.07, 6.45) is 5.67. The number of aliphatic hydroxyl groups is 1. The van der Waals surface area contributed by atoms with E-state index in [1.165, 1.54) is 32.2 Å². The lowest BCUT2D eigenvalue weighted by atomic mass is 9.82. The van der Waals surface area contributed by atoms with Crippen LogP contribution in [-0.4, -0.2) is 35.2 Å². The van der Waals surface area contributed by atoms with Crippen molar-refractivity contribution in [2.45, 2.75) is 45.1 Å². The van der Waals surface area contributed by atoms with Gasteiger partial charge in [-0.15, -0.1) is 0 Å². The van der Waals surface area contributed by atoms with E-state index in [9.17, 15) is 5.11 Å². The molecular weight excluding hydrogens is 174 g/mol. The Morgan fingerprint density at radius 2 is 1.86 bits per heavy atom. The molecule has 0 spiro atoms. The van der Waals surface area contributed by atoms with E-state index < -0.39 is 0 Å². The van der Waals surface area contributed by atoms with E-state index in [-0.39, 0.29) is 5.60 Å². The van der Waals surface area contributed by atoms with Crippen molar-refractivity contribution in [2.24, 2.45) is 11.8 Å². The van der Waals surface area contributed by atoms with Crippen molar-refractivity contribution in [1.82, 2.24) is 4.90 Å². The summed E-state index contributed by atoms with van der Waals surface area (Å²) in [6.45, 7) is 7.27. The predicted octanol–water partition coefficient (Wildman–Crippen LogP) is 1.88. The van der Waals surface area contributed by atoms with Crippen LogP contribution in [0.25, 0.3) is 0 Å². The molecule has 0 aromatic heterocycles. The fourth-order valence-electron chi connectivity index (χ4n) is 2.78. The van der Waals surface area contributed by atoms with E-state index in [4.69, 9.17) is 0 Å². The largest absolute Gasteiger partial charge is 0.387 e. The van der Waals surface area contributed by atoms with Crippen LogP contribution >= 0.6 is 0 Å². The number of nitrogens with zero attached hydrogens (tertiary/aromatic N) is 1. The lowest BCUT2D eigenvalue weighted by Gasteiger charge is -2.50. The fourth-order valence-corrected chi connectivity index (χ4v) is 2.78. The molecule has 1 saturated carbocycles. The summed E-state index contributed by atoms with van der Waals surface area (Å²) in [6, 6.07) is 0. The monoisotopic (exact) mass is 197 g/mol. The van der Waals surface area contributed by atoms with Crippen LogP contribution in [0.4, 0.5) is 0 Å². The molecule has 2 rings (SSSR count). The Balaban J connectivity index is 1.72. The van der Waals surface area contributed by atoms with Gasteiger partial charge in [-0.25, -0.2) is 0 Å². The summed E-state index contributed by atoms with van der Waals surface area (Å²) < 4.78 is 0. The summed E-state index contributed by atoms with van der Waals surface area (Å²) in [7, 11) is 0. The van der Waals surface area contributed by atoms with Gasteiger partial charge in [0.05, 0.1) is 5.60 Å². The zero-order valence-corrected chi connectivity index (χ0v) is 9.50. The number of likely N-dealkylation sites (tertiary alicyclic amines) is 1. The third-order valence-corrected chi connectivity index (χ3v) is 4.06. The summed E-state index contributed by atoms with van der Waals surface area (Å²) in [5.74, 6) is 1.33. The molecule has 0 aromatic carbocycles. The number of hydrogen-bond donors (Lipinski definition) is 1. The lowest BCUT2D eigenvalue weighted by Crippen LogP contribution is -2.65. The summed E-state index contributed by atoms with van der Waals surface area (Å²) in [5.41, 5.74) is -0.376. The maximum atomic E-state index is 10.1. The highest BCUT2D eigenvalue weighted by Gasteiger charge is 2.43. The topological polar surface area (TPSA) is 23.5 Å². The molecule has 0 bridgehead atoms. The molecule has 1 heterocycles. The predicted molar refractivity (Wildman–Crippen MR) is 58.2 cm³/mol. The van der Waals surface area contributed by atoms with Gasteiger partial charge in [0.15, 0.2) is 0 Å².